The molecule has 3 nitrogen and oxygen atoms in total. The van der Waals surface area contributed by atoms with Gasteiger partial charge in [-0.3, -0.25) is 4.21 Å². The summed E-state index contributed by atoms with van der Waals surface area (Å²) in [5, 5.41) is 0. The van der Waals surface area contributed by atoms with Gasteiger partial charge in [-0.05, 0) is 11.5 Å². The van der Waals surface area contributed by atoms with Crippen molar-refractivity contribution in [2.45, 2.75) is 17.4 Å². The summed E-state index contributed by atoms with van der Waals surface area (Å²) in [4.78, 5) is 3.13. The van der Waals surface area contributed by atoms with E-state index in [0.29, 0.717) is 11.5 Å². The normalized spacial score (nSPS) is 14.5. The van der Waals surface area contributed by atoms with Crippen LogP contribution in [0.4, 0.5) is 13.2 Å². The van der Waals surface area contributed by atoms with Gasteiger partial charge in [-0.15, -0.1) is 0 Å². The molecule has 0 amide bonds. The SMILES string of the molecule is CCS(=O)c1nc(C(F)(F)F)ns1. The van der Waals surface area contributed by atoms with Crippen molar-refractivity contribution in [1.29, 1.82) is 0 Å². The van der Waals surface area contributed by atoms with Gasteiger partial charge in [-0.2, -0.15) is 17.5 Å². The molecule has 0 radical (unpaired) electrons. The first kappa shape index (κ1) is 10.6. The fourth-order valence-electron chi connectivity index (χ4n) is 0.541. The van der Waals surface area contributed by atoms with Crippen molar-refractivity contribution in [3.8, 4) is 0 Å². The average molecular weight is 230 g/mol. The van der Waals surface area contributed by atoms with E-state index < -0.39 is 22.8 Å². The third-order valence-electron chi connectivity index (χ3n) is 1.12. The molecule has 0 aliphatic heterocycles. The first-order valence-electron chi connectivity index (χ1n) is 3.24. The first-order chi connectivity index (χ1) is 5.95. The van der Waals surface area contributed by atoms with Crippen molar-refractivity contribution in [3.63, 3.8) is 0 Å². The topological polar surface area (TPSA) is 42.9 Å². The number of halogens is 3. The molecule has 1 atom stereocenters. The van der Waals surface area contributed by atoms with Crippen LogP contribution in [0.25, 0.3) is 0 Å². The minimum atomic E-state index is -4.55. The lowest BCUT2D eigenvalue weighted by Crippen LogP contribution is -2.07. The Morgan fingerprint density at radius 3 is 2.54 bits per heavy atom. The van der Waals surface area contributed by atoms with Crippen molar-refractivity contribution < 1.29 is 17.4 Å². The zero-order valence-corrected chi connectivity index (χ0v) is 8.09. The molecule has 0 aliphatic rings. The van der Waals surface area contributed by atoms with E-state index in [4.69, 9.17) is 0 Å². The van der Waals surface area contributed by atoms with E-state index in [9.17, 15) is 17.4 Å². The molecule has 0 aliphatic carbocycles. The van der Waals surface area contributed by atoms with Crippen molar-refractivity contribution in [3.05, 3.63) is 5.82 Å². The summed E-state index contributed by atoms with van der Waals surface area (Å²) in [7, 11) is -1.46. The molecule has 1 unspecified atom stereocenters. The Bertz CT molecular complexity index is 322. The van der Waals surface area contributed by atoms with Crippen molar-refractivity contribution in [2.24, 2.45) is 0 Å². The Morgan fingerprint density at radius 2 is 2.15 bits per heavy atom. The molecule has 8 heteroatoms. The first-order valence-corrected chi connectivity index (χ1v) is 5.33. The largest absolute Gasteiger partial charge is 0.452 e. The van der Waals surface area contributed by atoms with E-state index in [0.717, 1.165) is 0 Å². The van der Waals surface area contributed by atoms with E-state index >= 15 is 0 Å². The summed E-state index contributed by atoms with van der Waals surface area (Å²) in [5.41, 5.74) is 0. The second-order valence-electron chi connectivity index (χ2n) is 2.02. The molecule has 0 saturated carbocycles. The second-order valence-corrected chi connectivity index (χ2v) is 4.68. The van der Waals surface area contributed by atoms with Crippen LogP contribution in [0.2, 0.25) is 0 Å². The molecular weight excluding hydrogens is 225 g/mol. The van der Waals surface area contributed by atoms with Crippen molar-refractivity contribution in [2.75, 3.05) is 5.75 Å². The molecule has 0 saturated heterocycles. The standard InChI is InChI=1S/C5H5F3N2OS2/c1-2-13(11)4-9-3(10-12-4)5(6,7)8/h2H2,1H3. The molecule has 0 spiro atoms. The van der Waals surface area contributed by atoms with Crippen LogP contribution in [0.15, 0.2) is 4.34 Å². The van der Waals surface area contributed by atoms with Gasteiger partial charge in [0.2, 0.25) is 10.2 Å². The Hall–Kier alpha value is -0.500. The Balaban J connectivity index is 2.93. The summed E-state index contributed by atoms with van der Waals surface area (Å²) < 4.78 is 49.9. The molecule has 0 N–H and O–H groups in total. The fourth-order valence-corrected chi connectivity index (χ4v) is 2.21. The van der Waals surface area contributed by atoms with E-state index in [1.807, 2.05) is 0 Å². The van der Waals surface area contributed by atoms with Gasteiger partial charge in [-0.25, -0.2) is 4.98 Å². The molecular formula is C5H5F3N2OS2. The van der Waals surface area contributed by atoms with Gasteiger partial charge in [0, 0.05) is 5.75 Å². The number of hydrogen-bond donors (Lipinski definition) is 0. The zero-order chi connectivity index (χ0) is 10.1. The molecule has 0 aromatic carbocycles. The Kier molecular flexibility index (Phi) is 3.01. The van der Waals surface area contributed by atoms with Gasteiger partial charge >= 0.3 is 6.18 Å². The van der Waals surface area contributed by atoms with Crippen LogP contribution >= 0.6 is 11.5 Å². The van der Waals surface area contributed by atoms with Gasteiger partial charge in [0.1, 0.15) is 0 Å². The van der Waals surface area contributed by atoms with Gasteiger partial charge in [0.25, 0.3) is 0 Å². The maximum absolute atomic E-state index is 12.0. The number of alkyl halides is 3. The van der Waals surface area contributed by atoms with Gasteiger partial charge in [0.05, 0.1) is 10.8 Å². The van der Waals surface area contributed by atoms with Crippen molar-refractivity contribution >= 4 is 22.3 Å². The number of rotatable bonds is 2. The summed E-state index contributed by atoms with van der Waals surface area (Å²) >= 11 is 0.528. The molecule has 1 rings (SSSR count). The minimum absolute atomic E-state index is 0.0742. The zero-order valence-electron chi connectivity index (χ0n) is 6.46. The van der Waals surface area contributed by atoms with Crippen LogP contribution in [0.5, 0.6) is 0 Å². The van der Waals surface area contributed by atoms with E-state index in [1.165, 1.54) is 0 Å². The summed E-state index contributed by atoms with van der Waals surface area (Å²) in [6.45, 7) is 1.60. The lowest BCUT2D eigenvalue weighted by atomic mass is 10.6. The van der Waals surface area contributed by atoms with Crippen LogP contribution in [-0.2, 0) is 17.0 Å². The summed E-state index contributed by atoms with van der Waals surface area (Å²) in [5.74, 6) is -0.971. The van der Waals surface area contributed by atoms with Crippen LogP contribution in [0, 0.1) is 0 Å². The van der Waals surface area contributed by atoms with Crippen LogP contribution in [-0.4, -0.2) is 19.3 Å². The minimum Gasteiger partial charge on any atom is -0.252 e. The number of hydrogen-bond acceptors (Lipinski definition) is 4. The van der Waals surface area contributed by atoms with Gasteiger partial charge in [0.15, 0.2) is 0 Å². The molecule has 1 aromatic heterocycles. The van der Waals surface area contributed by atoms with Gasteiger partial charge < -0.3 is 0 Å². The predicted molar refractivity (Wildman–Crippen MR) is 41.9 cm³/mol. The molecule has 1 aromatic rings. The number of aromatic nitrogens is 2. The van der Waals surface area contributed by atoms with Crippen LogP contribution in [0.3, 0.4) is 0 Å². The maximum atomic E-state index is 12.0. The van der Waals surface area contributed by atoms with Crippen LogP contribution in [0.1, 0.15) is 12.7 Å². The third-order valence-corrected chi connectivity index (χ3v) is 3.42. The highest BCUT2D eigenvalue weighted by Crippen LogP contribution is 2.28. The second kappa shape index (κ2) is 3.70. The molecule has 74 valence electrons. The lowest BCUT2D eigenvalue weighted by Gasteiger charge is -1.97. The predicted octanol–water partition coefficient (Wildman–Crippen LogP) is 1.68. The molecule has 0 fully saturated rings. The molecule has 1 heterocycles. The Morgan fingerprint density at radius 1 is 1.54 bits per heavy atom. The highest BCUT2D eigenvalue weighted by Gasteiger charge is 2.36. The summed E-state index contributed by atoms with van der Waals surface area (Å²) in [6, 6.07) is 0. The molecule has 13 heavy (non-hydrogen) atoms. The lowest BCUT2D eigenvalue weighted by molar-refractivity contribution is -0.144. The van der Waals surface area contributed by atoms with Crippen LogP contribution < -0.4 is 0 Å². The smallest absolute Gasteiger partial charge is 0.252 e. The van der Waals surface area contributed by atoms with E-state index in [-0.39, 0.29) is 10.1 Å². The Labute approximate surface area is 78.6 Å². The number of nitrogens with zero attached hydrogens (tertiary/aromatic N) is 2. The van der Waals surface area contributed by atoms with E-state index in [1.54, 1.807) is 6.92 Å². The highest BCUT2D eigenvalue weighted by molar-refractivity contribution is 7.87. The highest BCUT2D eigenvalue weighted by atomic mass is 32.2. The maximum Gasteiger partial charge on any atom is 0.452 e. The fraction of sp³-hybridized carbons (Fsp3) is 0.600. The van der Waals surface area contributed by atoms with Crippen molar-refractivity contribution in [1.82, 2.24) is 9.36 Å². The quantitative estimate of drug-likeness (QED) is 0.776. The molecule has 0 bridgehead atoms. The van der Waals surface area contributed by atoms with Gasteiger partial charge in [-0.1, -0.05) is 6.92 Å². The third kappa shape index (κ3) is 2.47. The monoisotopic (exact) mass is 230 g/mol. The van der Waals surface area contributed by atoms with E-state index in [2.05, 4.69) is 9.36 Å². The summed E-state index contributed by atoms with van der Waals surface area (Å²) in [6.07, 6.45) is -4.55. The average Bonchev–Trinajstić information content (AvgIpc) is 2.50.